The van der Waals surface area contributed by atoms with Crippen LogP contribution in [0, 0.1) is 0 Å². The number of nitrogens with zero attached hydrogens (tertiary/aromatic N) is 2. The zero-order valence-electron chi connectivity index (χ0n) is 10.7. The van der Waals surface area contributed by atoms with Crippen molar-refractivity contribution < 1.29 is 0 Å². The number of aryl methyl sites for hydroxylation is 1. The zero-order chi connectivity index (χ0) is 12.4. The maximum Gasteiger partial charge on any atom is 0.106 e. The molecule has 1 atom stereocenters. The fourth-order valence-electron chi connectivity index (χ4n) is 2.47. The Balaban J connectivity index is 1.82. The Morgan fingerprint density at radius 2 is 2.33 bits per heavy atom. The van der Waals surface area contributed by atoms with Gasteiger partial charge in [-0.3, -0.25) is 0 Å². The Labute approximate surface area is 106 Å². The minimum atomic E-state index is 0.155. The van der Waals surface area contributed by atoms with Gasteiger partial charge in [0.15, 0.2) is 0 Å². The molecule has 2 aromatic heterocycles. The smallest absolute Gasteiger partial charge is 0.106 e. The number of fused-ring (bicyclic) bond motifs is 1. The average Bonchev–Trinajstić information content (AvgIpc) is 3.04. The van der Waals surface area contributed by atoms with Crippen LogP contribution in [0.15, 0.2) is 12.5 Å². The molecule has 96 valence electrons. The van der Waals surface area contributed by atoms with Gasteiger partial charge in [-0.05, 0) is 6.42 Å². The SMILES string of the molecule is CCCCc1ncc(C2NCCc3[nH]cnc32)[nH]1. The molecule has 0 bridgehead atoms. The third kappa shape index (κ3) is 2.06. The monoisotopic (exact) mass is 245 g/mol. The van der Waals surface area contributed by atoms with Crippen LogP contribution in [0.3, 0.4) is 0 Å². The lowest BCUT2D eigenvalue weighted by Gasteiger charge is -2.21. The molecule has 0 fully saturated rings. The van der Waals surface area contributed by atoms with Crippen molar-refractivity contribution >= 4 is 0 Å². The lowest BCUT2D eigenvalue weighted by Crippen LogP contribution is -2.30. The highest BCUT2D eigenvalue weighted by atomic mass is 15.0. The first-order valence-electron chi connectivity index (χ1n) is 6.67. The number of rotatable bonds is 4. The van der Waals surface area contributed by atoms with Crippen LogP contribution in [-0.4, -0.2) is 26.5 Å². The van der Waals surface area contributed by atoms with Crippen molar-refractivity contribution in [2.45, 2.75) is 38.6 Å². The summed E-state index contributed by atoms with van der Waals surface area (Å²) in [6.07, 6.45) is 8.13. The quantitative estimate of drug-likeness (QED) is 0.768. The average molecular weight is 245 g/mol. The zero-order valence-corrected chi connectivity index (χ0v) is 10.7. The van der Waals surface area contributed by atoms with E-state index in [1.807, 2.05) is 6.20 Å². The number of aromatic nitrogens is 4. The molecule has 0 amide bonds. The summed E-state index contributed by atoms with van der Waals surface area (Å²) >= 11 is 0. The Hall–Kier alpha value is -1.62. The van der Waals surface area contributed by atoms with Gasteiger partial charge < -0.3 is 15.3 Å². The molecule has 0 aliphatic carbocycles. The van der Waals surface area contributed by atoms with Gasteiger partial charge in [-0.25, -0.2) is 9.97 Å². The molecule has 18 heavy (non-hydrogen) atoms. The number of aromatic amines is 2. The third-order valence-corrected chi connectivity index (χ3v) is 3.47. The molecule has 0 spiro atoms. The summed E-state index contributed by atoms with van der Waals surface area (Å²) < 4.78 is 0. The number of hydrogen-bond acceptors (Lipinski definition) is 3. The molecule has 0 saturated heterocycles. The summed E-state index contributed by atoms with van der Waals surface area (Å²) in [5.74, 6) is 1.08. The van der Waals surface area contributed by atoms with E-state index in [2.05, 4.69) is 32.2 Å². The van der Waals surface area contributed by atoms with Gasteiger partial charge in [-0.1, -0.05) is 13.3 Å². The van der Waals surface area contributed by atoms with E-state index in [0.29, 0.717) is 0 Å². The second kappa shape index (κ2) is 4.94. The van der Waals surface area contributed by atoms with E-state index in [0.717, 1.165) is 36.6 Å². The highest BCUT2D eigenvalue weighted by Crippen LogP contribution is 2.24. The van der Waals surface area contributed by atoms with Gasteiger partial charge in [0.05, 0.1) is 30.0 Å². The van der Waals surface area contributed by atoms with E-state index in [1.165, 1.54) is 18.5 Å². The normalized spacial score (nSPS) is 18.8. The van der Waals surface area contributed by atoms with Crippen molar-refractivity contribution in [1.82, 2.24) is 25.3 Å². The first-order chi connectivity index (χ1) is 8.88. The molecule has 1 aliphatic rings. The molecule has 3 rings (SSSR count). The van der Waals surface area contributed by atoms with Gasteiger partial charge in [-0.15, -0.1) is 0 Å². The van der Waals surface area contributed by atoms with Crippen LogP contribution in [0.1, 0.15) is 48.7 Å². The summed E-state index contributed by atoms with van der Waals surface area (Å²) in [6.45, 7) is 3.17. The Bertz CT molecular complexity index is 513. The van der Waals surface area contributed by atoms with E-state index in [-0.39, 0.29) is 6.04 Å². The lowest BCUT2D eigenvalue weighted by atomic mass is 10.0. The number of hydrogen-bond donors (Lipinski definition) is 3. The molecular weight excluding hydrogens is 226 g/mol. The second-order valence-electron chi connectivity index (χ2n) is 4.79. The van der Waals surface area contributed by atoms with E-state index < -0.39 is 0 Å². The summed E-state index contributed by atoms with van der Waals surface area (Å²) in [5, 5.41) is 3.49. The second-order valence-corrected chi connectivity index (χ2v) is 4.79. The molecule has 5 nitrogen and oxygen atoms in total. The van der Waals surface area contributed by atoms with Gasteiger partial charge in [0.25, 0.3) is 0 Å². The summed E-state index contributed by atoms with van der Waals surface area (Å²) in [7, 11) is 0. The molecule has 0 radical (unpaired) electrons. The van der Waals surface area contributed by atoms with Crippen LogP contribution < -0.4 is 5.32 Å². The molecule has 0 aromatic carbocycles. The Morgan fingerprint density at radius 3 is 3.22 bits per heavy atom. The molecule has 2 aromatic rings. The minimum absolute atomic E-state index is 0.155. The largest absolute Gasteiger partial charge is 0.348 e. The molecule has 3 heterocycles. The van der Waals surface area contributed by atoms with E-state index in [1.54, 1.807) is 6.33 Å². The molecular formula is C13H19N5. The van der Waals surface area contributed by atoms with Gasteiger partial charge >= 0.3 is 0 Å². The van der Waals surface area contributed by atoms with Crippen LogP contribution in [0.4, 0.5) is 0 Å². The summed E-state index contributed by atoms with van der Waals surface area (Å²) in [5.41, 5.74) is 3.46. The standard InChI is InChI=1S/C13H19N5/c1-2-3-4-11-15-7-10(18-11)13-12-9(5-6-14-13)16-8-17-12/h7-8,13-14H,2-6H2,1H3,(H,15,18)(H,16,17). The molecule has 1 aliphatic heterocycles. The fraction of sp³-hybridized carbons (Fsp3) is 0.538. The van der Waals surface area contributed by atoms with Crippen LogP contribution in [-0.2, 0) is 12.8 Å². The fourth-order valence-corrected chi connectivity index (χ4v) is 2.47. The first kappa shape index (κ1) is 11.5. The van der Waals surface area contributed by atoms with Gasteiger partial charge in [0.2, 0.25) is 0 Å². The van der Waals surface area contributed by atoms with Gasteiger partial charge in [-0.2, -0.15) is 0 Å². The number of imidazole rings is 2. The van der Waals surface area contributed by atoms with Crippen molar-refractivity contribution in [3.63, 3.8) is 0 Å². The van der Waals surface area contributed by atoms with Crippen molar-refractivity contribution in [2.75, 3.05) is 6.54 Å². The van der Waals surface area contributed by atoms with Crippen molar-refractivity contribution in [3.8, 4) is 0 Å². The predicted octanol–water partition coefficient (Wildman–Crippen LogP) is 1.71. The lowest BCUT2D eigenvalue weighted by molar-refractivity contribution is 0.543. The predicted molar refractivity (Wildman–Crippen MR) is 69.3 cm³/mol. The summed E-state index contributed by atoms with van der Waals surface area (Å²) in [4.78, 5) is 15.5. The third-order valence-electron chi connectivity index (χ3n) is 3.47. The van der Waals surface area contributed by atoms with Crippen molar-refractivity contribution in [3.05, 3.63) is 35.4 Å². The maximum absolute atomic E-state index is 4.45. The molecule has 1 unspecified atom stereocenters. The number of nitrogens with one attached hydrogen (secondary N) is 3. The van der Waals surface area contributed by atoms with E-state index >= 15 is 0 Å². The van der Waals surface area contributed by atoms with Crippen LogP contribution in [0.2, 0.25) is 0 Å². The molecule has 5 heteroatoms. The highest BCUT2D eigenvalue weighted by molar-refractivity contribution is 5.27. The van der Waals surface area contributed by atoms with Gasteiger partial charge in [0, 0.05) is 25.1 Å². The number of unbranched alkanes of at least 4 members (excludes halogenated alkanes) is 1. The van der Waals surface area contributed by atoms with E-state index in [9.17, 15) is 0 Å². The highest BCUT2D eigenvalue weighted by Gasteiger charge is 2.24. The van der Waals surface area contributed by atoms with Gasteiger partial charge in [0.1, 0.15) is 5.82 Å². The Morgan fingerprint density at radius 1 is 1.39 bits per heavy atom. The molecule has 3 N–H and O–H groups in total. The maximum atomic E-state index is 4.45. The van der Waals surface area contributed by atoms with Crippen LogP contribution in [0.25, 0.3) is 0 Å². The minimum Gasteiger partial charge on any atom is -0.348 e. The topological polar surface area (TPSA) is 69.4 Å². The van der Waals surface area contributed by atoms with E-state index in [4.69, 9.17) is 0 Å². The summed E-state index contributed by atoms with van der Waals surface area (Å²) in [6, 6.07) is 0.155. The first-order valence-corrected chi connectivity index (χ1v) is 6.67. The molecule has 0 saturated carbocycles. The van der Waals surface area contributed by atoms with Crippen LogP contribution >= 0.6 is 0 Å². The Kier molecular flexibility index (Phi) is 3.15. The van der Waals surface area contributed by atoms with Crippen LogP contribution in [0.5, 0.6) is 0 Å². The number of H-pyrrole nitrogens is 2. The van der Waals surface area contributed by atoms with Crippen molar-refractivity contribution in [1.29, 1.82) is 0 Å². The van der Waals surface area contributed by atoms with Crippen molar-refractivity contribution in [2.24, 2.45) is 0 Å².